The number of anilines is 1. The number of nitrogens with one attached hydrogen (secondary N) is 1. The summed E-state index contributed by atoms with van der Waals surface area (Å²) in [5, 5.41) is 2.95. The Morgan fingerprint density at radius 1 is 0.846 bits per heavy atom. The first-order chi connectivity index (χ1) is 18.4. The molecule has 7 nitrogen and oxygen atoms in total. The van der Waals surface area contributed by atoms with E-state index < -0.39 is 28.5 Å². The van der Waals surface area contributed by atoms with Crippen molar-refractivity contribution < 1.29 is 18.0 Å². The Kier molecular flexibility index (Phi) is 9.92. The van der Waals surface area contributed by atoms with Gasteiger partial charge in [-0.1, -0.05) is 72.6 Å². The molecule has 8 heteroatoms. The van der Waals surface area contributed by atoms with Crippen LogP contribution in [0.1, 0.15) is 49.4 Å². The summed E-state index contributed by atoms with van der Waals surface area (Å²) in [5.41, 5.74) is 3.99. The molecule has 208 valence electrons. The van der Waals surface area contributed by atoms with Gasteiger partial charge in [-0.25, -0.2) is 8.42 Å². The van der Waals surface area contributed by atoms with Crippen LogP contribution in [-0.4, -0.2) is 43.8 Å². The summed E-state index contributed by atoms with van der Waals surface area (Å²) >= 11 is 0. The average molecular weight is 550 g/mol. The van der Waals surface area contributed by atoms with Crippen LogP contribution in [-0.2, 0) is 26.2 Å². The fourth-order valence-electron chi connectivity index (χ4n) is 4.13. The second-order valence-electron chi connectivity index (χ2n) is 10.1. The molecule has 3 aromatic rings. The maximum Gasteiger partial charge on any atom is 0.264 e. The molecule has 2 amide bonds. The average Bonchev–Trinajstić information content (AvgIpc) is 2.91. The molecule has 0 bridgehead atoms. The van der Waals surface area contributed by atoms with Crippen LogP contribution in [0, 0.1) is 20.8 Å². The van der Waals surface area contributed by atoms with Gasteiger partial charge in [0.15, 0.2) is 0 Å². The van der Waals surface area contributed by atoms with E-state index in [2.05, 4.69) is 5.32 Å². The van der Waals surface area contributed by atoms with E-state index in [4.69, 9.17) is 0 Å². The minimum atomic E-state index is -4.08. The molecular formula is C31H39N3O4S. The lowest BCUT2D eigenvalue weighted by Gasteiger charge is -2.33. The molecule has 1 N–H and O–H groups in total. The van der Waals surface area contributed by atoms with Crippen molar-refractivity contribution in [1.82, 2.24) is 10.2 Å². The number of hydrogen-bond donors (Lipinski definition) is 1. The minimum absolute atomic E-state index is 0.0540. The summed E-state index contributed by atoms with van der Waals surface area (Å²) in [6.07, 6.45) is 0.750. The lowest BCUT2D eigenvalue weighted by atomic mass is 10.1. The predicted molar refractivity (Wildman–Crippen MR) is 156 cm³/mol. The third-order valence-corrected chi connectivity index (χ3v) is 8.69. The minimum Gasteiger partial charge on any atom is -0.352 e. The summed E-state index contributed by atoms with van der Waals surface area (Å²) < 4.78 is 29.0. The quantitative estimate of drug-likeness (QED) is 0.359. The smallest absolute Gasteiger partial charge is 0.264 e. The molecule has 3 aromatic carbocycles. The zero-order valence-electron chi connectivity index (χ0n) is 23.6. The molecule has 39 heavy (non-hydrogen) atoms. The molecule has 2 atom stereocenters. The van der Waals surface area contributed by atoms with Gasteiger partial charge in [0, 0.05) is 12.6 Å². The first kappa shape index (κ1) is 29.9. The normalized spacial score (nSPS) is 12.9. The number of nitrogens with zero attached hydrogens (tertiary/aromatic N) is 2. The largest absolute Gasteiger partial charge is 0.352 e. The van der Waals surface area contributed by atoms with E-state index in [1.165, 1.54) is 4.90 Å². The number of rotatable bonds is 11. The number of carbonyl (C=O) groups is 2. The van der Waals surface area contributed by atoms with Crippen LogP contribution in [0.2, 0.25) is 0 Å². The van der Waals surface area contributed by atoms with Gasteiger partial charge in [-0.05, 0) is 70.4 Å². The molecule has 3 rings (SSSR count). The molecule has 0 aliphatic heterocycles. The zero-order valence-corrected chi connectivity index (χ0v) is 24.5. The fourth-order valence-corrected chi connectivity index (χ4v) is 5.61. The SMILES string of the molecule is CCC(C)NC(=O)C(C)N(Cc1ccc(C)cc1)C(=O)CN(c1ccccc1C)S(=O)(=O)c1ccc(C)cc1. The highest BCUT2D eigenvalue weighted by molar-refractivity contribution is 7.92. The van der Waals surface area contributed by atoms with E-state index >= 15 is 0 Å². The van der Waals surface area contributed by atoms with Gasteiger partial charge >= 0.3 is 0 Å². The van der Waals surface area contributed by atoms with Crippen LogP contribution in [0.3, 0.4) is 0 Å². The summed E-state index contributed by atoms with van der Waals surface area (Å²) in [6.45, 7) is 10.9. The lowest BCUT2D eigenvalue weighted by Crippen LogP contribution is -2.52. The predicted octanol–water partition coefficient (Wildman–Crippen LogP) is 5.14. The van der Waals surface area contributed by atoms with Crippen molar-refractivity contribution in [3.63, 3.8) is 0 Å². The highest BCUT2D eigenvalue weighted by atomic mass is 32.2. The highest BCUT2D eigenvalue weighted by Gasteiger charge is 2.33. The molecule has 0 aliphatic rings. The van der Waals surface area contributed by atoms with Gasteiger partial charge in [0.05, 0.1) is 10.6 Å². The Morgan fingerprint density at radius 3 is 1.97 bits per heavy atom. The molecule has 0 aliphatic carbocycles. The first-order valence-corrected chi connectivity index (χ1v) is 14.7. The van der Waals surface area contributed by atoms with Gasteiger partial charge < -0.3 is 10.2 Å². The fraction of sp³-hybridized carbons (Fsp3) is 0.355. The molecular weight excluding hydrogens is 510 g/mol. The maximum absolute atomic E-state index is 14.0. The number of sulfonamides is 1. The Morgan fingerprint density at radius 2 is 1.41 bits per heavy atom. The van der Waals surface area contributed by atoms with E-state index in [1.54, 1.807) is 43.3 Å². The standard InChI is InChI=1S/C31H39N3O4S/c1-7-25(5)32-31(36)26(6)33(20-27-16-12-22(2)13-17-27)30(35)21-34(29-11-9-8-10-24(29)4)39(37,38)28-18-14-23(3)15-19-28/h8-19,25-26H,7,20-21H2,1-6H3,(H,32,36). The number of aryl methyl sites for hydroxylation is 3. The van der Waals surface area contributed by atoms with Crippen LogP contribution in [0.5, 0.6) is 0 Å². The summed E-state index contributed by atoms with van der Waals surface area (Å²) in [4.78, 5) is 28.7. The molecule has 0 radical (unpaired) electrons. The summed E-state index contributed by atoms with van der Waals surface area (Å²) in [6, 6.07) is 20.5. The number of amides is 2. The van der Waals surface area contributed by atoms with Crippen molar-refractivity contribution >= 4 is 27.5 Å². The van der Waals surface area contributed by atoms with Crippen LogP contribution in [0.15, 0.2) is 77.7 Å². The maximum atomic E-state index is 14.0. The number of carbonyl (C=O) groups excluding carboxylic acids is 2. The van der Waals surface area contributed by atoms with E-state index in [0.717, 1.165) is 27.4 Å². The van der Waals surface area contributed by atoms with Crippen LogP contribution >= 0.6 is 0 Å². The topological polar surface area (TPSA) is 86.8 Å². The van der Waals surface area contributed by atoms with Crippen molar-refractivity contribution in [2.45, 2.75) is 71.5 Å². The van der Waals surface area contributed by atoms with Crippen molar-refractivity contribution in [2.24, 2.45) is 0 Å². The van der Waals surface area contributed by atoms with Gasteiger partial charge in [-0.15, -0.1) is 0 Å². The van der Waals surface area contributed by atoms with Crippen LogP contribution in [0.25, 0.3) is 0 Å². The molecule has 0 heterocycles. The summed E-state index contributed by atoms with van der Waals surface area (Å²) in [5.74, 6) is -0.755. The van der Waals surface area contributed by atoms with E-state index in [0.29, 0.717) is 11.3 Å². The number of para-hydroxylation sites is 1. The van der Waals surface area contributed by atoms with E-state index in [1.807, 2.05) is 71.0 Å². The van der Waals surface area contributed by atoms with Gasteiger partial charge in [0.25, 0.3) is 10.0 Å². The third kappa shape index (κ3) is 7.47. The molecule has 2 unspecified atom stereocenters. The Labute approximate surface area is 232 Å². The van der Waals surface area contributed by atoms with Crippen molar-refractivity contribution in [3.8, 4) is 0 Å². The van der Waals surface area contributed by atoms with Gasteiger partial charge in [0.1, 0.15) is 12.6 Å². The molecule has 0 saturated heterocycles. The first-order valence-electron chi connectivity index (χ1n) is 13.2. The van der Waals surface area contributed by atoms with Gasteiger partial charge in [0.2, 0.25) is 11.8 Å². The highest BCUT2D eigenvalue weighted by Crippen LogP contribution is 2.27. The zero-order chi connectivity index (χ0) is 28.7. The molecule has 0 aromatic heterocycles. The third-order valence-electron chi connectivity index (χ3n) is 6.91. The van der Waals surface area contributed by atoms with Crippen LogP contribution < -0.4 is 9.62 Å². The second kappa shape index (κ2) is 12.9. The van der Waals surface area contributed by atoms with Crippen molar-refractivity contribution in [2.75, 3.05) is 10.8 Å². The number of hydrogen-bond acceptors (Lipinski definition) is 4. The van der Waals surface area contributed by atoms with E-state index in [-0.39, 0.29) is 23.4 Å². The van der Waals surface area contributed by atoms with E-state index in [9.17, 15) is 18.0 Å². The Balaban J connectivity index is 2.03. The van der Waals surface area contributed by atoms with Gasteiger partial charge in [-0.2, -0.15) is 0 Å². The molecule has 0 saturated carbocycles. The van der Waals surface area contributed by atoms with Gasteiger partial charge in [-0.3, -0.25) is 13.9 Å². The monoisotopic (exact) mass is 549 g/mol. The second-order valence-corrected chi connectivity index (χ2v) is 12.0. The summed E-state index contributed by atoms with van der Waals surface area (Å²) in [7, 11) is -4.08. The molecule has 0 fully saturated rings. The van der Waals surface area contributed by atoms with Crippen molar-refractivity contribution in [3.05, 3.63) is 95.1 Å². The Hall–Kier alpha value is -3.65. The van der Waals surface area contributed by atoms with Crippen LogP contribution in [0.4, 0.5) is 5.69 Å². The number of benzene rings is 3. The van der Waals surface area contributed by atoms with Crippen molar-refractivity contribution in [1.29, 1.82) is 0 Å². The lowest BCUT2D eigenvalue weighted by molar-refractivity contribution is -0.139. The Bertz CT molecular complexity index is 1390. The molecule has 0 spiro atoms.